The molecule has 0 unspecified atom stereocenters. The molecule has 130 valence electrons. The summed E-state index contributed by atoms with van der Waals surface area (Å²) in [6.07, 6.45) is 0.286. The first-order chi connectivity index (χ1) is 12.0. The average molecular weight is 340 g/mol. The van der Waals surface area contributed by atoms with Crippen LogP contribution in [0.5, 0.6) is 5.75 Å². The van der Waals surface area contributed by atoms with E-state index in [4.69, 9.17) is 16.2 Å². The molecule has 7 nitrogen and oxygen atoms in total. The monoisotopic (exact) mass is 340 g/mol. The van der Waals surface area contributed by atoms with Crippen molar-refractivity contribution in [3.05, 3.63) is 59.7 Å². The van der Waals surface area contributed by atoms with Crippen molar-refractivity contribution in [1.29, 1.82) is 0 Å². The second-order valence-corrected chi connectivity index (χ2v) is 5.25. The maximum Gasteiger partial charge on any atom is 0.343 e. The fourth-order valence-electron chi connectivity index (χ4n) is 2.11. The number of carbonyl (C=O) groups excluding carboxylic acids is 2. The minimum Gasteiger partial charge on any atom is -0.423 e. The lowest BCUT2D eigenvalue weighted by Gasteiger charge is -2.06. The molecule has 0 aliphatic heterocycles. The predicted octanol–water partition coefficient (Wildman–Crippen LogP) is 1.49. The molecule has 0 aliphatic carbocycles. The Bertz CT molecular complexity index is 764. The highest BCUT2D eigenvalue weighted by Gasteiger charge is 2.09. The van der Waals surface area contributed by atoms with Gasteiger partial charge in [-0.1, -0.05) is 12.1 Å². The van der Waals surface area contributed by atoms with E-state index in [-0.39, 0.29) is 18.3 Å². The number of nitrogens with two attached hydrogens (primary N) is 2. The smallest absolute Gasteiger partial charge is 0.343 e. The van der Waals surface area contributed by atoms with Crippen molar-refractivity contribution in [2.75, 3.05) is 6.54 Å². The van der Waals surface area contributed by atoms with Crippen molar-refractivity contribution in [2.24, 2.45) is 16.5 Å². The second-order valence-electron chi connectivity index (χ2n) is 5.25. The number of amides is 1. The molecule has 2 rings (SSSR count). The molecule has 0 heterocycles. The number of ether oxygens (including phenoxy) is 1. The van der Waals surface area contributed by atoms with E-state index >= 15 is 0 Å². The largest absolute Gasteiger partial charge is 0.423 e. The van der Waals surface area contributed by atoms with Crippen molar-refractivity contribution < 1.29 is 14.3 Å². The zero-order valence-electron chi connectivity index (χ0n) is 13.9. The van der Waals surface area contributed by atoms with Crippen LogP contribution in [0.25, 0.3) is 0 Å². The highest BCUT2D eigenvalue weighted by atomic mass is 16.5. The van der Waals surface area contributed by atoms with Crippen LogP contribution in [0.3, 0.4) is 0 Å². The minimum absolute atomic E-state index is 0.0480. The zero-order valence-corrected chi connectivity index (χ0v) is 13.9. The van der Waals surface area contributed by atoms with Gasteiger partial charge in [-0.05, 0) is 48.9 Å². The van der Waals surface area contributed by atoms with Gasteiger partial charge in [0.25, 0.3) is 0 Å². The average Bonchev–Trinajstić information content (AvgIpc) is 2.57. The summed E-state index contributed by atoms with van der Waals surface area (Å²) in [6, 6.07) is 13.2. The molecule has 0 atom stereocenters. The molecular weight excluding hydrogens is 320 g/mol. The highest BCUT2D eigenvalue weighted by Crippen LogP contribution is 2.17. The van der Waals surface area contributed by atoms with Crippen molar-refractivity contribution in [3.63, 3.8) is 0 Å². The second kappa shape index (κ2) is 8.49. The number of carbonyl (C=O) groups is 2. The van der Waals surface area contributed by atoms with Crippen LogP contribution in [0.4, 0.5) is 5.69 Å². The number of nitrogens with zero attached hydrogens (tertiary/aromatic N) is 1. The van der Waals surface area contributed by atoms with E-state index in [1.54, 1.807) is 48.5 Å². The maximum absolute atomic E-state index is 12.1. The van der Waals surface area contributed by atoms with Crippen LogP contribution in [-0.2, 0) is 11.2 Å². The summed E-state index contributed by atoms with van der Waals surface area (Å²) in [5, 5.41) is 2.73. The summed E-state index contributed by atoms with van der Waals surface area (Å²) in [5.41, 5.74) is 12.4. The molecule has 0 bridgehead atoms. The van der Waals surface area contributed by atoms with Crippen LogP contribution in [0.1, 0.15) is 22.8 Å². The number of hydrogen-bond donors (Lipinski definition) is 3. The molecule has 5 N–H and O–H groups in total. The Kier molecular flexibility index (Phi) is 6.11. The first-order valence-electron chi connectivity index (χ1n) is 7.75. The van der Waals surface area contributed by atoms with Crippen LogP contribution in [-0.4, -0.2) is 24.4 Å². The molecule has 2 aromatic carbocycles. The predicted molar refractivity (Wildman–Crippen MR) is 95.7 cm³/mol. The Morgan fingerprint density at radius 1 is 1.04 bits per heavy atom. The number of likely N-dealkylation sites (N-methyl/N-ethyl adjacent to an activating group) is 1. The lowest BCUT2D eigenvalue weighted by Crippen LogP contribution is -2.24. The van der Waals surface area contributed by atoms with E-state index in [1.807, 2.05) is 6.92 Å². The van der Waals surface area contributed by atoms with E-state index in [0.29, 0.717) is 23.5 Å². The standard InChI is InChI=1S/C18H20N4O3/c1-2-21-16(23)11-12-3-9-15(10-4-12)25-17(24)13-5-7-14(8-6-13)22-18(19)20/h3-10H,2,11H2,1H3,(H,21,23)(H4,19,20,22). The van der Waals surface area contributed by atoms with Gasteiger partial charge in [0.05, 0.1) is 17.7 Å². The first kappa shape index (κ1) is 18.0. The third kappa shape index (κ3) is 5.65. The molecule has 0 fully saturated rings. The molecule has 2 aromatic rings. The Labute approximate surface area is 145 Å². The lowest BCUT2D eigenvalue weighted by atomic mass is 10.1. The summed E-state index contributed by atoms with van der Waals surface area (Å²) >= 11 is 0. The van der Waals surface area contributed by atoms with Gasteiger partial charge in [-0.2, -0.15) is 0 Å². The summed E-state index contributed by atoms with van der Waals surface area (Å²) in [5.74, 6) is -0.193. The van der Waals surface area contributed by atoms with Crippen molar-refractivity contribution in [3.8, 4) is 5.75 Å². The topological polar surface area (TPSA) is 120 Å². The summed E-state index contributed by atoms with van der Waals surface area (Å²) in [7, 11) is 0. The van der Waals surface area contributed by atoms with Crippen LogP contribution in [0.15, 0.2) is 53.5 Å². The van der Waals surface area contributed by atoms with Gasteiger partial charge in [-0.25, -0.2) is 9.79 Å². The highest BCUT2D eigenvalue weighted by molar-refractivity contribution is 5.91. The molecule has 0 saturated carbocycles. The van der Waals surface area contributed by atoms with Crippen LogP contribution >= 0.6 is 0 Å². The van der Waals surface area contributed by atoms with E-state index < -0.39 is 5.97 Å². The fourth-order valence-corrected chi connectivity index (χ4v) is 2.11. The Balaban J connectivity index is 1.98. The van der Waals surface area contributed by atoms with Crippen LogP contribution < -0.4 is 21.5 Å². The SMILES string of the molecule is CCNC(=O)Cc1ccc(OC(=O)c2ccc(N=C(N)N)cc2)cc1. The van der Waals surface area contributed by atoms with Crippen molar-refractivity contribution in [1.82, 2.24) is 5.32 Å². The molecule has 0 saturated heterocycles. The molecule has 25 heavy (non-hydrogen) atoms. The van der Waals surface area contributed by atoms with Crippen LogP contribution in [0.2, 0.25) is 0 Å². The Hall–Kier alpha value is -3.35. The molecule has 0 aliphatic rings. The number of benzene rings is 2. The third-order valence-electron chi connectivity index (χ3n) is 3.23. The van der Waals surface area contributed by atoms with E-state index in [1.165, 1.54) is 0 Å². The summed E-state index contributed by atoms with van der Waals surface area (Å²) in [6.45, 7) is 2.46. The maximum atomic E-state index is 12.1. The molecule has 7 heteroatoms. The van der Waals surface area contributed by atoms with E-state index in [0.717, 1.165) is 5.56 Å². The normalized spacial score (nSPS) is 9.96. The number of esters is 1. The molecule has 0 spiro atoms. The van der Waals surface area contributed by atoms with Gasteiger partial charge in [0.2, 0.25) is 5.91 Å². The minimum atomic E-state index is -0.493. The van der Waals surface area contributed by atoms with Crippen molar-refractivity contribution in [2.45, 2.75) is 13.3 Å². The number of aliphatic imine (C=N–C) groups is 1. The van der Waals surface area contributed by atoms with Gasteiger partial charge in [0.1, 0.15) is 5.75 Å². The molecule has 0 aromatic heterocycles. The van der Waals surface area contributed by atoms with Gasteiger partial charge in [0, 0.05) is 6.54 Å². The molecular formula is C18H20N4O3. The van der Waals surface area contributed by atoms with Crippen LogP contribution in [0, 0.1) is 0 Å². The van der Waals surface area contributed by atoms with Gasteiger partial charge in [-0.15, -0.1) is 0 Å². The van der Waals surface area contributed by atoms with E-state index in [9.17, 15) is 9.59 Å². The van der Waals surface area contributed by atoms with E-state index in [2.05, 4.69) is 10.3 Å². The number of nitrogens with one attached hydrogen (secondary N) is 1. The quantitative estimate of drug-likeness (QED) is 0.318. The summed E-state index contributed by atoms with van der Waals surface area (Å²) in [4.78, 5) is 27.5. The summed E-state index contributed by atoms with van der Waals surface area (Å²) < 4.78 is 5.30. The first-order valence-corrected chi connectivity index (χ1v) is 7.75. The van der Waals surface area contributed by atoms with Gasteiger partial charge < -0.3 is 21.5 Å². The number of rotatable bonds is 6. The zero-order chi connectivity index (χ0) is 18.2. The molecule has 1 amide bonds. The molecule has 0 radical (unpaired) electrons. The Morgan fingerprint density at radius 3 is 2.24 bits per heavy atom. The van der Waals surface area contributed by atoms with Gasteiger partial charge >= 0.3 is 5.97 Å². The number of guanidine groups is 1. The van der Waals surface area contributed by atoms with Crippen molar-refractivity contribution >= 4 is 23.5 Å². The van der Waals surface area contributed by atoms with Gasteiger partial charge in [0.15, 0.2) is 5.96 Å². The Morgan fingerprint density at radius 2 is 1.68 bits per heavy atom. The number of hydrogen-bond acceptors (Lipinski definition) is 4. The lowest BCUT2D eigenvalue weighted by molar-refractivity contribution is -0.120. The van der Waals surface area contributed by atoms with Gasteiger partial charge in [-0.3, -0.25) is 4.79 Å². The fraction of sp³-hybridized carbons (Fsp3) is 0.167. The third-order valence-corrected chi connectivity index (χ3v) is 3.23.